The van der Waals surface area contributed by atoms with Crippen molar-refractivity contribution in [3.8, 4) is 28.5 Å². The second kappa shape index (κ2) is 7.90. The Bertz CT molecular complexity index is 1020. The maximum Gasteiger partial charge on any atom is 0.230 e. The number of amides is 1. The predicted molar refractivity (Wildman–Crippen MR) is 109 cm³/mol. The van der Waals surface area contributed by atoms with E-state index >= 15 is 0 Å². The Morgan fingerprint density at radius 2 is 2.11 bits per heavy atom. The van der Waals surface area contributed by atoms with Crippen molar-refractivity contribution in [1.29, 1.82) is 0 Å². The van der Waals surface area contributed by atoms with Crippen LogP contribution in [0, 0.1) is 0 Å². The maximum atomic E-state index is 12.5. The molecule has 1 amide bonds. The fraction of sp³-hybridized carbons (Fsp3) is 0.238. The van der Waals surface area contributed by atoms with Crippen LogP contribution in [-0.4, -0.2) is 31.7 Å². The Morgan fingerprint density at radius 1 is 1.21 bits per heavy atom. The molecule has 1 aliphatic heterocycles. The van der Waals surface area contributed by atoms with Gasteiger partial charge in [-0.15, -0.1) is 11.3 Å². The second-order valence-electron chi connectivity index (χ2n) is 6.36. The summed E-state index contributed by atoms with van der Waals surface area (Å²) in [5, 5.41) is 5.39. The van der Waals surface area contributed by atoms with Crippen LogP contribution in [0.3, 0.4) is 0 Å². The summed E-state index contributed by atoms with van der Waals surface area (Å²) >= 11 is 1.41. The van der Waals surface area contributed by atoms with Crippen LogP contribution in [0.25, 0.3) is 11.3 Å². The SMILES string of the molecule is COc1ccc(CC(=O)Nc2nc(-c3ccc4c(c3)CCO4)cs2)c(OC)c1. The molecule has 2 aromatic carbocycles. The van der Waals surface area contributed by atoms with Gasteiger partial charge in [0.2, 0.25) is 5.91 Å². The van der Waals surface area contributed by atoms with Gasteiger partial charge in [-0.2, -0.15) is 0 Å². The first-order valence-corrected chi connectivity index (χ1v) is 9.76. The van der Waals surface area contributed by atoms with Crippen molar-refractivity contribution in [3.05, 3.63) is 52.9 Å². The summed E-state index contributed by atoms with van der Waals surface area (Å²) in [6, 6.07) is 11.5. The van der Waals surface area contributed by atoms with Gasteiger partial charge in [0.05, 0.1) is 32.9 Å². The van der Waals surface area contributed by atoms with E-state index in [2.05, 4.69) is 16.4 Å². The summed E-state index contributed by atoms with van der Waals surface area (Å²) in [6.07, 6.45) is 1.11. The number of ether oxygens (including phenoxy) is 3. The molecule has 1 aliphatic rings. The minimum Gasteiger partial charge on any atom is -0.497 e. The zero-order chi connectivity index (χ0) is 19.5. The first kappa shape index (κ1) is 18.3. The molecule has 6 nitrogen and oxygen atoms in total. The lowest BCUT2D eigenvalue weighted by molar-refractivity contribution is -0.115. The Hall–Kier alpha value is -3.06. The highest BCUT2D eigenvalue weighted by Gasteiger charge is 2.15. The van der Waals surface area contributed by atoms with Gasteiger partial charge >= 0.3 is 0 Å². The topological polar surface area (TPSA) is 69.7 Å². The number of fused-ring (bicyclic) bond motifs is 1. The highest BCUT2D eigenvalue weighted by molar-refractivity contribution is 7.14. The molecule has 2 heterocycles. The van der Waals surface area contributed by atoms with E-state index in [-0.39, 0.29) is 12.3 Å². The third-order valence-corrected chi connectivity index (χ3v) is 5.34. The Labute approximate surface area is 167 Å². The van der Waals surface area contributed by atoms with Crippen molar-refractivity contribution in [2.75, 3.05) is 26.1 Å². The number of methoxy groups -OCH3 is 2. The minimum atomic E-state index is -0.147. The van der Waals surface area contributed by atoms with Gasteiger partial charge in [-0.05, 0) is 29.8 Å². The number of nitrogens with zero attached hydrogens (tertiary/aromatic N) is 1. The van der Waals surface area contributed by atoms with Gasteiger partial charge in [0.1, 0.15) is 17.2 Å². The van der Waals surface area contributed by atoms with E-state index in [1.165, 1.54) is 16.9 Å². The van der Waals surface area contributed by atoms with Crippen LogP contribution >= 0.6 is 11.3 Å². The van der Waals surface area contributed by atoms with Crippen molar-refractivity contribution in [1.82, 2.24) is 4.98 Å². The number of nitrogens with one attached hydrogen (secondary N) is 1. The summed E-state index contributed by atoms with van der Waals surface area (Å²) in [5.41, 5.74) is 3.86. The summed E-state index contributed by atoms with van der Waals surface area (Å²) in [6.45, 7) is 0.728. The number of hydrogen-bond donors (Lipinski definition) is 1. The van der Waals surface area contributed by atoms with Gasteiger partial charge in [-0.3, -0.25) is 4.79 Å². The monoisotopic (exact) mass is 396 g/mol. The quantitative estimate of drug-likeness (QED) is 0.683. The Morgan fingerprint density at radius 3 is 2.93 bits per heavy atom. The van der Waals surface area contributed by atoms with Gasteiger partial charge in [0.25, 0.3) is 0 Å². The van der Waals surface area contributed by atoms with E-state index in [9.17, 15) is 4.79 Å². The zero-order valence-electron chi connectivity index (χ0n) is 15.7. The van der Waals surface area contributed by atoms with Gasteiger partial charge in [0, 0.05) is 29.0 Å². The summed E-state index contributed by atoms with van der Waals surface area (Å²) < 4.78 is 16.1. The molecule has 1 aromatic heterocycles. The molecule has 0 fully saturated rings. The van der Waals surface area contributed by atoms with Gasteiger partial charge in [0.15, 0.2) is 5.13 Å². The smallest absolute Gasteiger partial charge is 0.230 e. The van der Waals surface area contributed by atoms with Crippen LogP contribution in [0.2, 0.25) is 0 Å². The first-order chi connectivity index (χ1) is 13.7. The average molecular weight is 396 g/mol. The molecule has 0 atom stereocenters. The van der Waals surface area contributed by atoms with E-state index in [1.807, 2.05) is 29.6 Å². The molecule has 0 aliphatic carbocycles. The number of hydrogen-bond acceptors (Lipinski definition) is 6. The fourth-order valence-electron chi connectivity index (χ4n) is 3.14. The Balaban J connectivity index is 1.45. The molecular formula is C21H20N2O4S. The molecule has 0 spiro atoms. The average Bonchev–Trinajstić information content (AvgIpc) is 3.36. The van der Waals surface area contributed by atoms with Crippen LogP contribution in [-0.2, 0) is 17.6 Å². The molecular weight excluding hydrogens is 376 g/mol. The van der Waals surface area contributed by atoms with Crippen LogP contribution in [0.4, 0.5) is 5.13 Å². The molecule has 3 aromatic rings. The normalized spacial score (nSPS) is 12.2. The molecule has 0 unspecified atom stereocenters. The fourth-order valence-corrected chi connectivity index (χ4v) is 3.88. The number of rotatable bonds is 6. The van der Waals surface area contributed by atoms with Crippen molar-refractivity contribution < 1.29 is 19.0 Å². The third-order valence-electron chi connectivity index (χ3n) is 4.58. The van der Waals surface area contributed by atoms with E-state index in [1.54, 1.807) is 20.3 Å². The lowest BCUT2D eigenvalue weighted by Gasteiger charge is -2.10. The van der Waals surface area contributed by atoms with E-state index in [0.717, 1.165) is 35.6 Å². The Kier molecular flexibility index (Phi) is 5.16. The van der Waals surface area contributed by atoms with E-state index in [0.29, 0.717) is 16.6 Å². The molecule has 4 rings (SSSR count). The lowest BCUT2D eigenvalue weighted by atomic mass is 10.1. The maximum absolute atomic E-state index is 12.5. The molecule has 0 radical (unpaired) electrons. The number of benzene rings is 2. The number of thiazole rings is 1. The molecule has 7 heteroatoms. The van der Waals surface area contributed by atoms with Gasteiger partial charge < -0.3 is 19.5 Å². The minimum absolute atomic E-state index is 0.147. The summed E-state index contributed by atoms with van der Waals surface area (Å²) in [5.74, 6) is 2.10. The zero-order valence-corrected chi connectivity index (χ0v) is 16.5. The highest BCUT2D eigenvalue weighted by atomic mass is 32.1. The van der Waals surface area contributed by atoms with Gasteiger partial charge in [-0.25, -0.2) is 4.98 Å². The number of anilines is 1. The second-order valence-corrected chi connectivity index (χ2v) is 7.22. The molecule has 0 bridgehead atoms. The van der Waals surface area contributed by atoms with Crippen LogP contribution in [0.15, 0.2) is 41.8 Å². The highest BCUT2D eigenvalue weighted by Crippen LogP contribution is 2.32. The number of aromatic nitrogens is 1. The van der Waals surface area contributed by atoms with Gasteiger partial charge in [-0.1, -0.05) is 6.07 Å². The van der Waals surface area contributed by atoms with Crippen LogP contribution in [0.5, 0.6) is 17.2 Å². The lowest BCUT2D eigenvalue weighted by Crippen LogP contribution is -2.14. The van der Waals surface area contributed by atoms with Crippen molar-refractivity contribution in [2.24, 2.45) is 0 Å². The predicted octanol–water partition coefficient (Wildman–Crippen LogP) is 3.94. The molecule has 1 N–H and O–H groups in total. The first-order valence-electron chi connectivity index (χ1n) is 8.88. The summed E-state index contributed by atoms with van der Waals surface area (Å²) in [4.78, 5) is 17.0. The third kappa shape index (κ3) is 3.80. The van der Waals surface area contributed by atoms with Crippen molar-refractivity contribution >= 4 is 22.4 Å². The van der Waals surface area contributed by atoms with Crippen molar-refractivity contribution in [3.63, 3.8) is 0 Å². The molecule has 0 saturated heterocycles. The largest absolute Gasteiger partial charge is 0.497 e. The molecule has 144 valence electrons. The molecule has 28 heavy (non-hydrogen) atoms. The number of carbonyl (C=O) groups excluding carboxylic acids is 1. The summed E-state index contributed by atoms with van der Waals surface area (Å²) in [7, 11) is 3.17. The van der Waals surface area contributed by atoms with Crippen LogP contribution in [0.1, 0.15) is 11.1 Å². The van der Waals surface area contributed by atoms with E-state index < -0.39 is 0 Å². The standard InChI is InChI=1S/C21H20N2O4S/c1-25-16-5-3-14(19(11-16)26-2)10-20(24)23-21-22-17(12-28-21)13-4-6-18-15(9-13)7-8-27-18/h3-6,9,11-12H,7-8,10H2,1-2H3,(H,22,23,24). The van der Waals surface area contributed by atoms with E-state index in [4.69, 9.17) is 14.2 Å². The van der Waals surface area contributed by atoms with Crippen LogP contribution < -0.4 is 19.5 Å². The molecule has 0 saturated carbocycles. The van der Waals surface area contributed by atoms with Crippen molar-refractivity contribution in [2.45, 2.75) is 12.8 Å². The number of carbonyl (C=O) groups is 1.